The third-order valence-corrected chi connectivity index (χ3v) is 3.44. The Balaban J connectivity index is 2.74. The number of rotatable bonds is 7. The second kappa shape index (κ2) is 6.60. The van der Waals surface area contributed by atoms with Crippen LogP contribution >= 0.6 is 0 Å². The van der Waals surface area contributed by atoms with Gasteiger partial charge in [-0.2, -0.15) is 0 Å². The van der Waals surface area contributed by atoms with Gasteiger partial charge in [0.25, 0.3) is 5.69 Å². The van der Waals surface area contributed by atoms with Crippen LogP contribution in [0.15, 0.2) is 24.3 Å². The highest BCUT2D eigenvalue weighted by Crippen LogP contribution is 2.21. The minimum Gasteiger partial charge on any atom is -0.309 e. The van der Waals surface area contributed by atoms with Gasteiger partial charge in [0.15, 0.2) is 0 Å². The van der Waals surface area contributed by atoms with E-state index in [0.29, 0.717) is 6.42 Å². The number of benzene rings is 1. The number of nitrogens with one attached hydrogen (secondary N) is 1. The van der Waals surface area contributed by atoms with E-state index in [-0.39, 0.29) is 24.0 Å². The van der Waals surface area contributed by atoms with Crippen molar-refractivity contribution in [3.63, 3.8) is 0 Å². The quantitative estimate of drug-likeness (QED) is 0.571. The Kier molecular flexibility index (Phi) is 5.40. The molecule has 0 aliphatic rings. The molecule has 0 radical (unpaired) electrons. The van der Waals surface area contributed by atoms with Crippen LogP contribution in [0.5, 0.6) is 0 Å². The zero-order chi connectivity index (χ0) is 14.5. The van der Waals surface area contributed by atoms with Crippen LogP contribution in [0.4, 0.5) is 5.69 Å². The fraction of sp³-hybridized carbons (Fsp3) is 0.455. The summed E-state index contributed by atoms with van der Waals surface area (Å²) < 4.78 is 21.7. The van der Waals surface area contributed by atoms with Crippen molar-refractivity contribution in [1.82, 2.24) is 5.32 Å². The molecule has 106 valence electrons. The Morgan fingerprint density at radius 1 is 1.47 bits per heavy atom. The molecule has 0 aliphatic heterocycles. The van der Waals surface area contributed by atoms with E-state index < -0.39 is 14.9 Å². The lowest BCUT2D eigenvalue weighted by atomic mass is 10.0. The second-order valence-electron chi connectivity index (χ2n) is 4.13. The third-order valence-electron chi connectivity index (χ3n) is 2.67. The lowest BCUT2D eigenvalue weighted by molar-refractivity contribution is -0.384. The Morgan fingerprint density at radius 2 is 2.16 bits per heavy atom. The van der Waals surface area contributed by atoms with Crippen molar-refractivity contribution in [3.8, 4) is 0 Å². The van der Waals surface area contributed by atoms with Gasteiger partial charge in [0.2, 0.25) is 10.0 Å². The number of sulfonamides is 1. The van der Waals surface area contributed by atoms with Gasteiger partial charge in [-0.1, -0.05) is 19.1 Å². The maximum Gasteiger partial charge on any atom is 0.269 e. The van der Waals surface area contributed by atoms with Crippen LogP contribution in [0, 0.1) is 10.1 Å². The molecule has 0 aliphatic carbocycles. The molecule has 0 bridgehead atoms. The monoisotopic (exact) mass is 287 g/mol. The number of hydrogen-bond acceptors (Lipinski definition) is 5. The number of hydrogen-bond donors (Lipinski definition) is 2. The molecule has 0 spiro atoms. The van der Waals surface area contributed by atoms with Crippen LogP contribution in [0.2, 0.25) is 0 Å². The molecule has 19 heavy (non-hydrogen) atoms. The predicted octanol–water partition coefficient (Wildman–Crippen LogP) is 0.924. The predicted molar refractivity (Wildman–Crippen MR) is 72.1 cm³/mol. The largest absolute Gasteiger partial charge is 0.309 e. The van der Waals surface area contributed by atoms with E-state index in [4.69, 9.17) is 5.14 Å². The first-order valence-corrected chi connectivity index (χ1v) is 7.53. The molecule has 0 amide bonds. The fourth-order valence-electron chi connectivity index (χ4n) is 1.73. The zero-order valence-electron chi connectivity index (χ0n) is 10.6. The van der Waals surface area contributed by atoms with Gasteiger partial charge in [0.1, 0.15) is 0 Å². The van der Waals surface area contributed by atoms with E-state index in [9.17, 15) is 18.5 Å². The first kappa shape index (κ1) is 15.5. The lowest BCUT2D eigenvalue weighted by Crippen LogP contribution is -2.29. The van der Waals surface area contributed by atoms with Crippen molar-refractivity contribution in [1.29, 1.82) is 0 Å². The molecule has 0 heterocycles. The summed E-state index contributed by atoms with van der Waals surface area (Å²) in [5.41, 5.74) is 0.773. The number of primary sulfonamides is 1. The lowest BCUT2D eigenvalue weighted by Gasteiger charge is -2.16. The summed E-state index contributed by atoms with van der Waals surface area (Å²) in [6, 6.07) is 6.14. The van der Waals surface area contributed by atoms with Gasteiger partial charge in [-0.3, -0.25) is 10.1 Å². The van der Waals surface area contributed by atoms with Crippen LogP contribution in [0.25, 0.3) is 0 Å². The molecule has 1 atom stereocenters. The van der Waals surface area contributed by atoms with Crippen molar-refractivity contribution in [3.05, 3.63) is 39.9 Å². The molecule has 0 saturated carbocycles. The Hall–Kier alpha value is -1.51. The van der Waals surface area contributed by atoms with Gasteiger partial charge in [0, 0.05) is 24.7 Å². The van der Waals surface area contributed by atoms with Crippen molar-refractivity contribution < 1.29 is 13.3 Å². The molecule has 1 rings (SSSR count). The third kappa shape index (κ3) is 5.33. The molecule has 3 N–H and O–H groups in total. The summed E-state index contributed by atoms with van der Waals surface area (Å²) in [7, 11) is -3.50. The van der Waals surface area contributed by atoms with Crippen LogP contribution in [0.3, 0.4) is 0 Å². The van der Waals surface area contributed by atoms with Gasteiger partial charge in [-0.25, -0.2) is 13.6 Å². The van der Waals surface area contributed by atoms with Crippen LogP contribution in [-0.4, -0.2) is 25.6 Å². The van der Waals surface area contributed by atoms with Gasteiger partial charge < -0.3 is 5.32 Å². The highest BCUT2D eigenvalue weighted by atomic mass is 32.2. The smallest absolute Gasteiger partial charge is 0.269 e. The summed E-state index contributed by atoms with van der Waals surface area (Å²) in [5, 5.41) is 18.6. The molecule has 7 nitrogen and oxygen atoms in total. The van der Waals surface area contributed by atoms with Crippen molar-refractivity contribution in [2.24, 2.45) is 5.14 Å². The summed E-state index contributed by atoms with van der Waals surface area (Å²) in [6.07, 6.45) is 0.686. The molecule has 1 aromatic rings. The summed E-state index contributed by atoms with van der Waals surface area (Å²) >= 11 is 0. The normalized spacial score (nSPS) is 13.2. The van der Waals surface area contributed by atoms with E-state index in [1.54, 1.807) is 12.1 Å². The minimum absolute atomic E-state index is 0.0178. The van der Waals surface area contributed by atoms with Crippen molar-refractivity contribution in [2.45, 2.75) is 19.4 Å². The first-order chi connectivity index (χ1) is 8.83. The van der Waals surface area contributed by atoms with Gasteiger partial charge >= 0.3 is 0 Å². The number of non-ortho nitro benzene ring substituents is 1. The maximum atomic E-state index is 10.8. The molecule has 0 fully saturated rings. The van der Waals surface area contributed by atoms with Gasteiger partial charge in [-0.05, 0) is 12.0 Å². The van der Waals surface area contributed by atoms with Gasteiger partial charge in [-0.15, -0.1) is 0 Å². The Labute approximate surface area is 112 Å². The first-order valence-electron chi connectivity index (χ1n) is 5.81. The maximum absolute atomic E-state index is 10.8. The summed E-state index contributed by atoms with van der Waals surface area (Å²) in [5.74, 6) is -0.168. The number of nitrogens with two attached hydrogens (primary N) is 1. The molecule has 1 unspecified atom stereocenters. The summed E-state index contributed by atoms with van der Waals surface area (Å²) in [4.78, 5) is 10.2. The van der Waals surface area contributed by atoms with E-state index in [0.717, 1.165) is 5.56 Å². The highest BCUT2D eigenvalue weighted by molar-refractivity contribution is 7.89. The van der Waals surface area contributed by atoms with Crippen LogP contribution in [0.1, 0.15) is 24.9 Å². The Bertz CT molecular complexity index is 545. The number of nitro benzene ring substituents is 1. The average molecular weight is 287 g/mol. The van der Waals surface area contributed by atoms with E-state index in [2.05, 4.69) is 5.32 Å². The fourth-order valence-corrected chi connectivity index (χ4v) is 2.13. The average Bonchev–Trinajstić information content (AvgIpc) is 2.33. The van der Waals surface area contributed by atoms with E-state index in [1.807, 2.05) is 6.92 Å². The zero-order valence-corrected chi connectivity index (χ0v) is 11.4. The number of nitrogens with zero attached hydrogens (tertiary/aromatic N) is 1. The molecule has 1 aromatic carbocycles. The van der Waals surface area contributed by atoms with Crippen LogP contribution < -0.4 is 10.5 Å². The molecular formula is C11H17N3O4S. The molecular weight excluding hydrogens is 270 g/mol. The second-order valence-corrected chi connectivity index (χ2v) is 5.87. The SMILES string of the molecule is CCC(NCCS(N)(=O)=O)c1cccc([N+](=O)[O-])c1. The van der Waals surface area contributed by atoms with Gasteiger partial charge in [0.05, 0.1) is 10.7 Å². The molecule has 8 heteroatoms. The van der Waals surface area contributed by atoms with E-state index in [1.165, 1.54) is 12.1 Å². The topological polar surface area (TPSA) is 115 Å². The highest BCUT2D eigenvalue weighted by Gasteiger charge is 2.13. The van der Waals surface area contributed by atoms with Crippen molar-refractivity contribution in [2.75, 3.05) is 12.3 Å². The van der Waals surface area contributed by atoms with Crippen LogP contribution in [-0.2, 0) is 10.0 Å². The molecule has 0 aromatic heterocycles. The summed E-state index contributed by atoms with van der Waals surface area (Å²) in [6.45, 7) is 2.12. The minimum atomic E-state index is -3.50. The van der Waals surface area contributed by atoms with E-state index >= 15 is 0 Å². The molecule has 0 saturated heterocycles. The van der Waals surface area contributed by atoms with Crippen molar-refractivity contribution >= 4 is 15.7 Å². The number of nitro groups is 1. The Morgan fingerprint density at radius 3 is 2.68 bits per heavy atom. The standard InChI is InChI=1S/C11H17N3O4S/c1-2-11(13-6-7-19(12,17)18)9-4-3-5-10(8-9)14(15)16/h3-5,8,11,13H,2,6-7H2,1H3,(H2,12,17,18).